The molecule has 0 radical (unpaired) electrons. The van der Waals surface area contributed by atoms with Crippen LogP contribution in [0.3, 0.4) is 0 Å². The number of thioether (sulfide) groups is 1. The molecule has 3 amide bonds. The number of benzene rings is 2. The zero-order chi connectivity index (χ0) is 28.1. The molecule has 1 aromatic heterocycles. The van der Waals surface area contributed by atoms with Gasteiger partial charge in [0.2, 0.25) is 5.91 Å². The Labute approximate surface area is 242 Å². The number of aryl methyl sites for hydroxylation is 1. The lowest BCUT2D eigenvalue weighted by Crippen LogP contribution is -2.50. The van der Waals surface area contributed by atoms with Crippen LogP contribution in [0.2, 0.25) is 0 Å². The van der Waals surface area contributed by atoms with Crippen molar-refractivity contribution in [2.75, 3.05) is 62.6 Å². The molecule has 0 saturated carbocycles. The highest BCUT2D eigenvalue weighted by atomic mass is 32.2. The lowest BCUT2D eigenvalue weighted by atomic mass is 10.1. The Morgan fingerprint density at radius 2 is 1.65 bits per heavy atom. The number of nitrogens with zero attached hydrogens (tertiary/aromatic N) is 4. The lowest BCUT2D eigenvalue weighted by Gasteiger charge is -2.34. The predicted molar refractivity (Wildman–Crippen MR) is 160 cm³/mol. The quantitative estimate of drug-likeness (QED) is 0.413. The highest BCUT2D eigenvalue weighted by molar-refractivity contribution is 8.00. The van der Waals surface area contributed by atoms with Crippen molar-refractivity contribution in [2.24, 2.45) is 0 Å². The molecule has 3 aromatic rings. The zero-order valence-electron chi connectivity index (χ0n) is 22.8. The van der Waals surface area contributed by atoms with Crippen molar-refractivity contribution in [1.29, 1.82) is 0 Å². The maximum Gasteiger partial charge on any atom is 0.257 e. The number of carbonyl (C=O) groups is 3. The van der Waals surface area contributed by atoms with Crippen molar-refractivity contribution in [1.82, 2.24) is 20.1 Å². The fourth-order valence-electron chi connectivity index (χ4n) is 4.93. The second-order valence-corrected chi connectivity index (χ2v) is 12.3. The third-order valence-corrected chi connectivity index (χ3v) is 9.27. The Bertz CT molecular complexity index is 1360. The van der Waals surface area contributed by atoms with Gasteiger partial charge in [-0.3, -0.25) is 19.7 Å². The molecule has 0 spiro atoms. The molecule has 11 heteroatoms. The maximum atomic E-state index is 13.1. The summed E-state index contributed by atoms with van der Waals surface area (Å²) < 4.78 is 0.985. The van der Waals surface area contributed by atoms with Crippen LogP contribution >= 0.6 is 23.1 Å². The number of anilines is 2. The summed E-state index contributed by atoms with van der Waals surface area (Å²) in [5.74, 6) is 0.557. The van der Waals surface area contributed by atoms with E-state index in [1.54, 1.807) is 29.8 Å². The smallest absolute Gasteiger partial charge is 0.257 e. The summed E-state index contributed by atoms with van der Waals surface area (Å²) in [5.41, 5.74) is 4.49. The van der Waals surface area contributed by atoms with Gasteiger partial charge in [0.05, 0.1) is 10.4 Å². The van der Waals surface area contributed by atoms with E-state index in [0.717, 1.165) is 47.2 Å². The van der Waals surface area contributed by atoms with Crippen molar-refractivity contribution in [3.63, 3.8) is 0 Å². The summed E-state index contributed by atoms with van der Waals surface area (Å²) in [6, 6.07) is 13.7. The monoisotopic (exact) mass is 578 g/mol. The van der Waals surface area contributed by atoms with E-state index in [2.05, 4.69) is 26.6 Å². The SMILES string of the molecule is CC(=O)N1CCN(C(=O)c2cc(C)cc(CSc3cnc(NC(=O)c4ccc(N5CCNCC5)cc4)s3)c2)CC1. The molecular formula is C29H34N6O3S2. The van der Waals surface area contributed by atoms with Crippen molar-refractivity contribution in [3.8, 4) is 0 Å². The third-order valence-electron chi connectivity index (χ3n) is 7.09. The summed E-state index contributed by atoms with van der Waals surface area (Å²) in [4.78, 5) is 47.8. The van der Waals surface area contributed by atoms with Crippen molar-refractivity contribution in [3.05, 3.63) is 70.9 Å². The van der Waals surface area contributed by atoms with Gasteiger partial charge in [0.1, 0.15) is 0 Å². The Balaban J connectivity index is 1.15. The van der Waals surface area contributed by atoms with Crippen molar-refractivity contribution in [2.45, 2.75) is 23.8 Å². The molecule has 2 saturated heterocycles. The van der Waals surface area contributed by atoms with E-state index in [0.29, 0.717) is 48.2 Å². The number of carbonyl (C=O) groups excluding carboxylic acids is 3. The topological polar surface area (TPSA) is 97.9 Å². The minimum atomic E-state index is -0.177. The highest BCUT2D eigenvalue weighted by Crippen LogP contribution is 2.31. The average molecular weight is 579 g/mol. The van der Waals surface area contributed by atoms with Crippen LogP contribution in [0.25, 0.3) is 0 Å². The van der Waals surface area contributed by atoms with E-state index in [-0.39, 0.29) is 17.7 Å². The first-order valence-electron chi connectivity index (χ1n) is 13.5. The molecule has 2 aliphatic rings. The average Bonchev–Trinajstić information content (AvgIpc) is 3.43. The predicted octanol–water partition coefficient (Wildman–Crippen LogP) is 3.71. The molecule has 0 bridgehead atoms. The molecule has 9 nitrogen and oxygen atoms in total. The van der Waals surface area contributed by atoms with E-state index in [4.69, 9.17) is 0 Å². The second kappa shape index (κ2) is 12.8. The maximum absolute atomic E-state index is 13.1. The molecule has 0 aliphatic carbocycles. The van der Waals surface area contributed by atoms with Gasteiger partial charge in [-0.2, -0.15) is 0 Å². The Morgan fingerprint density at radius 3 is 2.35 bits per heavy atom. The van der Waals surface area contributed by atoms with Crippen LogP contribution in [0, 0.1) is 6.92 Å². The summed E-state index contributed by atoms with van der Waals surface area (Å²) in [5, 5.41) is 6.82. The van der Waals surface area contributed by atoms with Gasteiger partial charge in [-0.15, -0.1) is 11.8 Å². The molecule has 0 unspecified atom stereocenters. The van der Waals surface area contributed by atoms with Gasteiger partial charge in [0.25, 0.3) is 11.8 Å². The van der Waals surface area contributed by atoms with Crippen molar-refractivity contribution >= 4 is 51.6 Å². The fourth-order valence-corrected chi connectivity index (χ4v) is 6.73. The fraction of sp³-hybridized carbons (Fsp3) is 0.379. The van der Waals surface area contributed by atoms with Crippen LogP contribution in [0.5, 0.6) is 0 Å². The first-order chi connectivity index (χ1) is 19.4. The number of nitrogens with one attached hydrogen (secondary N) is 2. The summed E-state index contributed by atoms with van der Waals surface area (Å²) in [7, 11) is 0. The number of piperazine rings is 2. The number of hydrogen-bond donors (Lipinski definition) is 2. The summed E-state index contributed by atoms with van der Waals surface area (Å²) >= 11 is 3.07. The molecule has 2 aromatic carbocycles. The van der Waals surface area contributed by atoms with E-state index >= 15 is 0 Å². The van der Waals surface area contributed by atoms with E-state index < -0.39 is 0 Å². The number of aromatic nitrogens is 1. The number of amides is 3. The van der Waals surface area contributed by atoms with E-state index in [1.807, 2.05) is 48.2 Å². The molecule has 2 N–H and O–H groups in total. The summed E-state index contributed by atoms with van der Waals surface area (Å²) in [6.07, 6.45) is 1.77. The standard InChI is InChI=1S/C29H34N6O3S2/c1-20-15-22(17-24(16-20)28(38)35-13-11-33(12-14-35)21(2)36)19-39-26-18-31-29(40-26)32-27(37)23-3-5-25(6-4-23)34-9-7-30-8-10-34/h3-6,15-18,30H,7-14,19H2,1-2H3,(H,31,32,37). The Kier molecular flexibility index (Phi) is 9.03. The van der Waals surface area contributed by atoms with Gasteiger partial charge in [0.15, 0.2) is 5.13 Å². The third kappa shape index (κ3) is 7.01. The van der Waals surface area contributed by atoms with Gasteiger partial charge < -0.3 is 20.0 Å². The van der Waals surface area contributed by atoms with Crippen molar-refractivity contribution < 1.29 is 14.4 Å². The van der Waals surface area contributed by atoms with E-state index in [1.165, 1.54) is 11.3 Å². The molecule has 0 atom stereocenters. The lowest BCUT2D eigenvalue weighted by molar-refractivity contribution is -0.130. The van der Waals surface area contributed by atoms with Gasteiger partial charge in [-0.05, 0) is 48.9 Å². The van der Waals surface area contributed by atoms with Gasteiger partial charge >= 0.3 is 0 Å². The molecule has 5 rings (SSSR count). The Morgan fingerprint density at radius 1 is 0.950 bits per heavy atom. The molecule has 2 aliphatic heterocycles. The first kappa shape index (κ1) is 28.1. The van der Waals surface area contributed by atoms with Crippen LogP contribution in [0.15, 0.2) is 52.9 Å². The second-order valence-electron chi connectivity index (χ2n) is 10.0. The molecule has 3 heterocycles. The highest BCUT2D eigenvalue weighted by Gasteiger charge is 2.23. The normalized spacial score (nSPS) is 15.7. The van der Waals surface area contributed by atoms with Crippen LogP contribution in [-0.4, -0.2) is 84.9 Å². The largest absolute Gasteiger partial charge is 0.369 e. The first-order valence-corrected chi connectivity index (χ1v) is 15.3. The minimum Gasteiger partial charge on any atom is -0.369 e. The Hall–Kier alpha value is -3.41. The molecule has 210 valence electrons. The van der Waals surface area contributed by atoms with Gasteiger partial charge in [-0.1, -0.05) is 23.0 Å². The van der Waals surface area contributed by atoms with Gasteiger partial charge in [0, 0.05) is 81.8 Å². The zero-order valence-corrected chi connectivity index (χ0v) is 24.4. The molecular weight excluding hydrogens is 544 g/mol. The minimum absolute atomic E-state index is 0.00177. The molecule has 40 heavy (non-hydrogen) atoms. The summed E-state index contributed by atoms with van der Waals surface area (Å²) in [6.45, 7) is 9.66. The van der Waals surface area contributed by atoms with E-state index in [9.17, 15) is 14.4 Å². The van der Waals surface area contributed by atoms with Crippen LogP contribution < -0.4 is 15.5 Å². The van der Waals surface area contributed by atoms with Crippen LogP contribution in [-0.2, 0) is 10.5 Å². The van der Waals surface area contributed by atoms with Crippen LogP contribution in [0.4, 0.5) is 10.8 Å². The van der Waals surface area contributed by atoms with Crippen LogP contribution in [0.1, 0.15) is 38.8 Å². The molecule has 2 fully saturated rings. The number of thiazole rings is 1. The number of hydrogen-bond acceptors (Lipinski definition) is 8. The van der Waals surface area contributed by atoms with Gasteiger partial charge in [-0.25, -0.2) is 4.98 Å². The number of rotatable bonds is 7.